The maximum atomic E-state index is 13.9. The van der Waals surface area contributed by atoms with Gasteiger partial charge in [0.1, 0.15) is 11.9 Å². The van der Waals surface area contributed by atoms with Crippen LogP contribution in [0.1, 0.15) is 24.8 Å². The molecule has 6 heteroatoms. The van der Waals surface area contributed by atoms with E-state index >= 15 is 0 Å². The number of hydrogen-bond acceptors (Lipinski definition) is 3. The topological polar surface area (TPSA) is 75.6 Å². The number of rotatable bonds is 4. The molecule has 5 nitrogen and oxygen atoms in total. The number of hydrogen-bond donors (Lipinski definition) is 2. The van der Waals surface area contributed by atoms with Crippen LogP contribution in [0.3, 0.4) is 0 Å². The smallest absolute Gasteiger partial charge is 0.328 e. The van der Waals surface area contributed by atoms with E-state index in [9.17, 15) is 14.0 Å². The van der Waals surface area contributed by atoms with Crippen LogP contribution in [0.15, 0.2) is 24.3 Å². The Balaban J connectivity index is 2.03. The minimum absolute atomic E-state index is 0.0571. The summed E-state index contributed by atoms with van der Waals surface area (Å²) in [4.78, 5) is 22.3. The van der Waals surface area contributed by atoms with Crippen molar-refractivity contribution in [2.75, 3.05) is 11.9 Å². The highest BCUT2D eigenvalue weighted by atomic mass is 19.1. The van der Waals surface area contributed by atoms with Gasteiger partial charge in [-0.15, -0.1) is 0 Å². The molecule has 1 fully saturated rings. The minimum atomic E-state index is -1.11. The average molecular weight is 293 g/mol. The van der Waals surface area contributed by atoms with E-state index in [-0.39, 0.29) is 11.6 Å². The van der Waals surface area contributed by atoms with Gasteiger partial charge in [-0.05, 0) is 43.0 Å². The van der Waals surface area contributed by atoms with Gasteiger partial charge in [0, 0.05) is 12.7 Å². The minimum Gasteiger partial charge on any atom is -0.478 e. The fourth-order valence-corrected chi connectivity index (χ4v) is 2.06. The lowest BCUT2D eigenvalue weighted by molar-refractivity contribution is -0.131. The number of benzene rings is 1. The number of amides is 1. The molecule has 1 atom stereocenters. The standard InChI is InChI=1S/C15H16FNO4/c16-11-9-10(5-7-14(18)19)4-6-12(11)17-15(20)13-3-1-2-8-21-13/h4-7,9,13H,1-3,8H2,(H,17,20)(H,18,19). The molecule has 1 amide bonds. The highest BCUT2D eigenvalue weighted by Crippen LogP contribution is 2.19. The van der Waals surface area contributed by atoms with E-state index in [2.05, 4.69) is 5.32 Å². The van der Waals surface area contributed by atoms with Gasteiger partial charge in [-0.3, -0.25) is 4.79 Å². The molecule has 2 rings (SSSR count). The molecule has 1 aromatic carbocycles. The van der Waals surface area contributed by atoms with Crippen molar-refractivity contribution < 1.29 is 23.8 Å². The van der Waals surface area contributed by atoms with Gasteiger partial charge in [0.15, 0.2) is 0 Å². The Morgan fingerprint density at radius 2 is 2.19 bits per heavy atom. The lowest BCUT2D eigenvalue weighted by atomic mass is 10.1. The maximum Gasteiger partial charge on any atom is 0.328 e. The molecule has 0 aliphatic carbocycles. The summed E-state index contributed by atoms with van der Waals surface area (Å²) in [6, 6.07) is 4.09. The van der Waals surface area contributed by atoms with E-state index in [4.69, 9.17) is 9.84 Å². The molecule has 0 aromatic heterocycles. The molecule has 1 aliphatic heterocycles. The average Bonchev–Trinajstić information content (AvgIpc) is 2.48. The van der Waals surface area contributed by atoms with Crippen LogP contribution in [0.2, 0.25) is 0 Å². The molecular formula is C15H16FNO4. The predicted octanol–water partition coefficient (Wildman–Crippen LogP) is 2.43. The normalized spacial score (nSPS) is 18.6. The Morgan fingerprint density at radius 1 is 1.38 bits per heavy atom. The lowest BCUT2D eigenvalue weighted by Gasteiger charge is -2.21. The Labute approximate surface area is 121 Å². The maximum absolute atomic E-state index is 13.9. The molecule has 2 N–H and O–H groups in total. The Kier molecular flexibility index (Phi) is 5.05. The zero-order valence-corrected chi connectivity index (χ0v) is 11.3. The summed E-state index contributed by atoms with van der Waals surface area (Å²) in [7, 11) is 0. The van der Waals surface area contributed by atoms with Gasteiger partial charge in [-0.25, -0.2) is 9.18 Å². The van der Waals surface area contributed by atoms with E-state index in [1.807, 2.05) is 0 Å². The fraction of sp³-hybridized carbons (Fsp3) is 0.333. The van der Waals surface area contributed by atoms with Crippen molar-refractivity contribution in [1.82, 2.24) is 0 Å². The van der Waals surface area contributed by atoms with Crippen molar-refractivity contribution in [2.24, 2.45) is 0 Å². The van der Waals surface area contributed by atoms with Gasteiger partial charge >= 0.3 is 5.97 Å². The first-order valence-corrected chi connectivity index (χ1v) is 6.69. The molecule has 1 aliphatic rings. The van der Waals surface area contributed by atoms with E-state index in [1.165, 1.54) is 18.2 Å². The monoisotopic (exact) mass is 293 g/mol. The molecule has 0 saturated carbocycles. The number of nitrogens with one attached hydrogen (secondary N) is 1. The fourth-order valence-electron chi connectivity index (χ4n) is 2.06. The molecule has 1 heterocycles. The molecule has 21 heavy (non-hydrogen) atoms. The molecule has 1 aromatic rings. The summed E-state index contributed by atoms with van der Waals surface area (Å²) in [6.07, 6.45) is 4.14. The van der Waals surface area contributed by atoms with Crippen LogP contribution >= 0.6 is 0 Å². The van der Waals surface area contributed by atoms with Gasteiger partial charge in [0.05, 0.1) is 5.69 Å². The zero-order valence-electron chi connectivity index (χ0n) is 11.3. The predicted molar refractivity (Wildman–Crippen MR) is 75.3 cm³/mol. The summed E-state index contributed by atoms with van der Waals surface area (Å²) in [5, 5.41) is 11.0. The molecule has 1 saturated heterocycles. The molecule has 0 spiro atoms. The highest BCUT2D eigenvalue weighted by molar-refractivity contribution is 5.94. The quantitative estimate of drug-likeness (QED) is 0.836. The molecule has 1 unspecified atom stereocenters. The molecule has 0 bridgehead atoms. The molecule has 112 valence electrons. The lowest BCUT2D eigenvalue weighted by Crippen LogP contribution is -2.33. The van der Waals surface area contributed by atoms with Gasteiger partial charge in [0.25, 0.3) is 5.91 Å². The molecule has 0 radical (unpaired) electrons. The van der Waals surface area contributed by atoms with Crippen molar-refractivity contribution >= 4 is 23.6 Å². The van der Waals surface area contributed by atoms with Gasteiger partial charge < -0.3 is 15.2 Å². The van der Waals surface area contributed by atoms with Crippen molar-refractivity contribution in [3.8, 4) is 0 Å². The number of carboxylic acid groups (broad SMARTS) is 1. The second-order valence-corrected chi connectivity index (χ2v) is 4.76. The summed E-state index contributed by atoms with van der Waals surface area (Å²) in [6.45, 7) is 0.541. The molecular weight excluding hydrogens is 277 g/mol. The van der Waals surface area contributed by atoms with Gasteiger partial charge in [-0.1, -0.05) is 6.07 Å². The third-order valence-corrected chi connectivity index (χ3v) is 3.14. The third kappa shape index (κ3) is 4.39. The van der Waals surface area contributed by atoms with E-state index in [0.717, 1.165) is 25.0 Å². The van der Waals surface area contributed by atoms with Crippen LogP contribution in [-0.2, 0) is 14.3 Å². The van der Waals surface area contributed by atoms with Crippen LogP contribution in [0.5, 0.6) is 0 Å². The number of ether oxygens (including phenoxy) is 1. The van der Waals surface area contributed by atoms with Crippen molar-refractivity contribution in [3.63, 3.8) is 0 Å². The van der Waals surface area contributed by atoms with Crippen LogP contribution in [-0.4, -0.2) is 29.7 Å². The largest absolute Gasteiger partial charge is 0.478 e. The summed E-state index contributed by atoms with van der Waals surface area (Å²) >= 11 is 0. The second kappa shape index (κ2) is 6.99. The van der Waals surface area contributed by atoms with Crippen molar-refractivity contribution in [3.05, 3.63) is 35.7 Å². The summed E-state index contributed by atoms with van der Waals surface area (Å²) in [5.41, 5.74) is 0.462. The third-order valence-electron chi connectivity index (χ3n) is 3.14. The number of carboxylic acids is 1. The summed E-state index contributed by atoms with van der Waals surface area (Å²) < 4.78 is 19.2. The van der Waals surface area contributed by atoms with E-state index < -0.39 is 17.9 Å². The number of anilines is 1. The Bertz CT molecular complexity index is 565. The Hall–Kier alpha value is -2.21. The van der Waals surface area contributed by atoms with E-state index in [0.29, 0.717) is 18.6 Å². The SMILES string of the molecule is O=C(O)C=Cc1ccc(NC(=O)C2CCCCO2)c(F)c1. The number of halogens is 1. The number of aliphatic carboxylic acids is 1. The first-order valence-electron chi connectivity index (χ1n) is 6.69. The van der Waals surface area contributed by atoms with Crippen LogP contribution in [0.25, 0.3) is 6.08 Å². The second-order valence-electron chi connectivity index (χ2n) is 4.76. The summed E-state index contributed by atoms with van der Waals surface area (Å²) in [5.74, 6) is -2.09. The van der Waals surface area contributed by atoms with Crippen LogP contribution in [0, 0.1) is 5.82 Å². The Morgan fingerprint density at radius 3 is 2.81 bits per heavy atom. The zero-order chi connectivity index (χ0) is 15.2. The van der Waals surface area contributed by atoms with Crippen molar-refractivity contribution in [2.45, 2.75) is 25.4 Å². The first-order chi connectivity index (χ1) is 10.1. The first kappa shape index (κ1) is 15.2. The van der Waals surface area contributed by atoms with Crippen molar-refractivity contribution in [1.29, 1.82) is 0 Å². The van der Waals surface area contributed by atoms with Crippen LogP contribution < -0.4 is 5.32 Å². The van der Waals surface area contributed by atoms with E-state index in [1.54, 1.807) is 0 Å². The number of carbonyl (C=O) groups excluding carboxylic acids is 1. The highest BCUT2D eigenvalue weighted by Gasteiger charge is 2.22. The van der Waals surface area contributed by atoms with Crippen LogP contribution in [0.4, 0.5) is 10.1 Å². The van der Waals surface area contributed by atoms with Gasteiger partial charge in [0.2, 0.25) is 0 Å². The van der Waals surface area contributed by atoms with Gasteiger partial charge in [-0.2, -0.15) is 0 Å². The number of carbonyl (C=O) groups is 2.